The van der Waals surface area contributed by atoms with Crippen LogP contribution in [0.15, 0.2) is 41.1 Å². The first-order chi connectivity index (χ1) is 13.4. The molecule has 28 heavy (non-hydrogen) atoms. The third-order valence-electron chi connectivity index (χ3n) is 4.77. The molecule has 7 heteroatoms. The Bertz CT molecular complexity index is 1060. The summed E-state index contributed by atoms with van der Waals surface area (Å²) in [5.74, 6) is -0.371. The fourth-order valence-electron chi connectivity index (χ4n) is 3.34. The quantitative estimate of drug-likeness (QED) is 0.739. The highest BCUT2D eigenvalue weighted by Crippen LogP contribution is 2.40. The van der Waals surface area contributed by atoms with Gasteiger partial charge in [-0.3, -0.25) is 4.79 Å². The molecule has 1 aliphatic rings. The maximum atomic E-state index is 14.1. The fraction of sp³-hybridized carbons (Fsp3) is 0.238. The topological polar surface area (TPSA) is 64.4 Å². The molecule has 1 atom stereocenters. The van der Waals surface area contributed by atoms with Crippen LogP contribution in [-0.2, 0) is 6.42 Å². The molecule has 1 aromatic heterocycles. The third kappa shape index (κ3) is 3.35. The summed E-state index contributed by atoms with van der Waals surface area (Å²) in [6.07, 6.45) is 1.33. The fourth-order valence-corrected chi connectivity index (χ4v) is 3.34. The summed E-state index contributed by atoms with van der Waals surface area (Å²) in [6, 6.07) is 7.43. The minimum absolute atomic E-state index is 0.157. The molecule has 0 unspecified atom stereocenters. The minimum atomic E-state index is -0.388. The Morgan fingerprint density at radius 2 is 2.07 bits per heavy atom. The number of ether oxygens (including phenoxy) is 1. The van der Waals surface area contributed by atoms with E-state index in [0.29, 0.717) is 40.1 Å². The standard InChI is InChI=1S/C21H18F2N2O3/c1-11-5-13(3-4-18(11)23)17-8-15(22)6-14-7-16(28-20(14)17)9-24-21(26)19-12(2)25-10-27-19/h3-6,8,10,16H,7,9H2,1-2H3,(H,24,26)/t16-/m1/s1. The van der Waals surface area contributed by atoms with Crippen LogP contribution >= 0.6 is 0 Å². The molecule has 0 spiro atoms. The average Bonchev–Trinajstić information content (AvgIpc) is 3.27. The van der Waals surface area contributed by atoms with E-state index in [1.807, 2.05) is 0 Å². The summed E-state index contributed by atoms with van der Waals surface area (Å²) in [6.45, 7) is 3.57. The molecule has 0 radical (unpaired) electrons. The van der Waals surface area contributed by atoms with Gasteiger partial charge < -0.3 is 14.5 Å². The van der Waals surface area contributed by atoms with E-state index in [9.17, 15) is 13.6 Å². The van der Waals surface area contributed by atoms with Crippen LogP contribution in [0, 0.1) is 25.5 Å². The maximum absolute atomic E-state index is 14.1. The molecule has 0 saturated carbocycles. The number of amides is 1. The van der Waals surface area contributed by atoms with E-state index < -0.39 is 0 Å². The lowest BCUT2D eigenvalue weighted by molar-refractivity contribution is 0.0905. The minimum Gasteiger partial charge on any atom is -0.487 e. The lowest BCUT2D eigenvalue weighted by atomic mass is 9.99. The number of aromatic nitrogens is 1. The number of halogens is 2. The van der Waals surface area contributed by atoms with Gasteiger partial charge >= 0.3 is 0 Å². The predicted molar refractivity (Wildman–Crippen MR) is 98.2 cm³/mol. The van der Waals surface area contributed by atoms with Crippen molar-refractivity contribution in [1.82, 2.24) is 10.3 Å². The Balaban J connectivity index is 1.54. The first kappa shape index (κ1) is 18.2. The second kappa shape index (κ2) is 7.07. The van der Waals surface area contributed by atoms with Crippen LogP contribution in [0.2, 0.25) is 0 Å². The zero-order valence-corrected chi connectivity index (χ0v) is 15.4. The molecule has 1 aliphatic heterocycles. The van der Waals surface area contributed by atoms with E-state index in [0.717, 1.165) is 0 Å². The number of carbonyl (C=O) groups excluding carboxylic acids is 1. The number of rotatable bonds is 4. The number of nitrogens with one attached hydrogen (secondary N) is 1. The number of carbonyl (C=O) groups is 1. The number of benzene rings is 2. The normalized spacial score (nSPS) is 15.2. The van der Waals surface area contributed by atoms with E-state index in [1.165, 1.54) is 24.6 Å². The highest BCUT2D eigenvalue weighted by molar-refractivity contribution is 5.92. The number of hydrogen-bond donors (Lipinski definition) is 1. The number of fused-ring (bicyclic) bond motifs is 1. The smallest absolute Gasteiger partial charge is 0.289 e. The van der Waals surface area contributed by atoms with Crippen LogP contribution < -0.4 is 10.1 Å². The van der Waals surface area contributed by atoms with Crippen molar-refractivity contribution < 1.29 is 22.7 Å². The van der Waals surface area contributed by atoms with Crippen molar-refractivity contribution in [2.24, 2.45) is 0 Å². The van der Waals surface area contributed by atoms with Crippen molar-refractivity contribution in [2.45, 2.75) is 26.4 Å². The number of oxazole rings is 1. The molecule has 0 saturated heterocycles. The molecule has 3 aromatic rings. The van der Waals surface area contributed by atoms with E-state index in [1.54, 1.807) is 26.0 Å². The molecule has 0 bridgehead atoms. The predicted octanol–water partition coefficient (Wildman–Crippen LogP) is 3.97. The Morgan fingerprint density at radius 1 is 1.25 bits per heavy atom. The van der Waals surface area contributed by atoms with Crippen molar-refractivity contribution in [3.8, 4) is 16.9 Å². The van der Waals surface area contributed by atoms with E-state index in [2.05, 4.69) is 10.3 Å². The maximum Gasteiger partial charge on any atom is 0.289 e. The molecule has 2 heterocycles. The Kier molecular flexibility index (Phi) is 4.58. The van der Waals surface area contributed by atoms with Crippen LogP contribution in [0.3, 0.4) is 0 Å². The number of hydrogen-bond acceptors (Lipinski definition) is 4. The SMILES string of the molecule is Cc1cc(-c2cc(F)cc3c2O[C@@H](CNC(=O)c2ocnc2C)C3)ccc1F. The lowest BCUT2D eigenvalue weighted by Crippen LogP contribution is -2.34. The van der Waals surface area contributed by atoms with Gasteiger partial charge in [-0.1, -0.05) is 6.07 Å². The van der Waals surface area contributed by atoms with Gasteiger partial charge in [0.2, 0.25) is 5.76 Å². The van der Waals surface area contributed by atoms with Gasteiger partial charge in [-0.15, -0.1) is 0 Å². The molecule has 5 nitrogen and oxygen atoms in total. The highest BCUT2D eigenvalue weighted by Gasteiger charge is 2.28. The lowest BCUT2D eigenvalue weighted by Gasteiger charge is -2.14. The Labute approximate surface area is 160 Å². The zero-order chi connectivity index (χ0) is 19.8. The summed E-state index contributed by atoms with van der Waals surface area (Å²) in [7, 11) is 0. The van der Waals surface area contributed by atoms with Gasteiger partial charge in [0.25, 0.3) is 5.91 Å². The van der Waals surface area contributed by atoms with E-state index in [4.69, 9.17) is 9.15 Å². The summed E-state index contributed by atoms with van der Waals surface area (Å²) >= 11 is 0. The molecule has 144 valence electrons. The first-order valence-corrected chi connectivity index (χ1v) is 8.86. The van der Waals surface area contributed by atoms with Gasteiger partial charge in [0.05, 0.1) is 12.2 Å². The summed E-state index contributed by atoms with van der Waals surface area (Å²) < 4.78 is 38.8. The van der Waals surface area contributed by atoms with Gasteiger partial charge in [-0.05, 0) is 49.2 Å². The van der Waals surface area contributed by atoms with Crippen LogP contribution in [-0.4, -0.2) is 23.5 Å². The summed E-state index contributed by atoms with van der Waals surface area (Å²) in [4.78, 5) is 16.1. The summed E-state index contributed by atoms with van der Waals surface area (Å²) in [5.41, 5.74) is 2.94. The number of aryl methyl sites for hydroxylation is 2. The largest absolute Gasteiger partial charge is 0.487 e. The second-order valence-corrected chi connectivity index (χ2v) is 6.83. The third-order valence-corrected chi connectivity index (χ3v) is 4.77. The van der Waals surface area contributed by atoms with E-state index >= 15 is 0 Å². The second-order valence-electron chi connectivity index (χ2n) is 6.83. The van der Waals surface area contributed by atoms with Crippen LogP contribution in [0.5, 0.6) is 5.75 Å². The zero-order valence-electron chi connectivity index (χ0n) is 15.4. The van der Waals surface area contributed by atoms with E-state index in [-0.39, 0.29) is 36.0 Å². The number of nitrogens with zero attached hydrogens (tertiary/aromatic N) is 1. The monoisotopic (exact) mass is 384 g/mol. The van der Waals surface area contributed by atoms with Gasteiger partial charge in [-0.2, -0.15) is 0 Å². The molecular weight excluding hydrogens is 366 g/mol. The summed E-state index contributed by atoms with van der Waals surface area (Å²) in [5, 5.41) is 2.75. The molecular formula is C21H18F2N2O3. The van der Waals surface area contributed by atoms with Crippen LogP contribution in [0.25, 0.3) is 11.1 Å². The van der Waals surface area contributed by atoms with Gasteiger partial charge in [0, 0.05) is 17.5 Å². The molecule has 2 aromatic carbocycles. The molecule has 4 rings (SSSR count). The Morgan fingerprint density at radius 3 is 2.79 bits per heavy atom. The van der Waals surface area contributed by atoms with Crippen molar-refractivity contribution >= 4 is 5.91 Å². The molecule has 1 amide bonds. The van der Waals surface area contributed by atoms with Crippen molar-refractivity contribution in [2.75, 3.05) is 6.54 Å². The molecule has 0 fully saturated rings. The van der Waals surface area contributed by atoms with Gasteiger partial charge in [-0.25, -0.2) is 13.8 Å². The van der Waals surface area contributed by atoms with Gasteiger partial charge in [0.15, 0.2) is 6.39 Å². The molecule has 1 N–H and O–H groups in total. The average molecular weight is 384 g/mol. The van der Waals surface area contributed by atoms with Crippen LogP contribution in [0.4, 0.5) is 8.78 Å². The van der Waals surface area contributed by atoms with Crippen molar-refractivity contribution in [3.05, 3.63) is 70.9 Å². The highest BCUT2D eigenvalue weighted by atomic mass is 19.1. The Hall–Kier alpha value is -3.22. The molecule has 0 aliphatic carbocycles. The van der Waals surface area contributed by atoms with Crippen molar-refractivity contribution in [3.63, 3.8) is 0 Å². The van der Waals surface area contributed by atoms with Gasteiger partial charge in [0.1, 0.15) is 23.5 Å². The van der Waals surface area contributed by atoms with Crippen molar-refractivity contribution in [1.29, 1.82) is 0 Å². The first-order valence-electron chi connectivity index (χ1n) is 8.86. The van der Waals surface area contributed by atoms with Crippen LogP contribution in [0.1, 0.15) is 27.4 Å².